The fourth-order valence-electron chi connectivity index (χ4n) is 7.50. The lowest BCUT2D eigenvalue weighted by molar-refractivity contribution is -0.121. The number of amides is 2. The molecule has 2 saturated heterocycles. The smallest absolute Gasteiger partial charge is 0.410 e. The van der Waals surface area contributed by atoms with Gasteiger partial charge in [0.25, 0.3) is 0 Å². The maximum Gasteiger partial charge on any atom is 0.410 e. The zero-order valence-electron chi connectivity index (χ0n) is 35.7. The zero-order chi connectivity index (χ0) is 41.3. The molecule has 318 valence electrons. The summed E-state index contributed by atoms with van der Waals surface area (Å²) in [5.74, 6) is 0.227. The van der Waals surface area contributed by atoms with E-state index < -0.39 is 11.2 Å². The molecule has 11 nitrogen and oxygen atoms in total. The Kier molecular flexibility index (Phi) is 18.8. The summed E-state index contributed by atoms with van der Waals surface area (Å²) in [5.41, 5.74) is 7.59. The fourth-order valence-corrected chi connectivity index (χ4v) is 7.50. The molecule has 4 atom stereocenters. The molecule has 2 aromatic carbocycles. The third-order valence-corrected chi connectivity index (χ3v) is 10.6. The molecule has 2 saturated carbocycles. The number of benzene rings is 2. The predicted octanol–water partition coefficient (Wildman–Crippen LogP) is 8.56. The van der Waals surface area contributed by atoms with Gasteiger partial charge in [0.05, 0.1) is 25.4 Å². The van der Waals surface area contributed by atoms with Gasteiger partial charge in [-0.3, -0.25) is 4.79 Å². The number of nitrogens with one attached hydrogen (secondary N) is 1. The molecule has 0 aromatic heterocycles. The molecule has 2 aliphatic heterocycles. The second kappa shape index (κ2) is 23.2. The number of nitrogens with zero attached hydrogens (tertiary/aromatic N) is 2. The van der Waals surface area contributed by atoms with E-state index in [2.05, 4.69) is 41.7 Å². The van der Waals surface area contributed by atoms with E-state index in [1.54, 1.807) is 4.90 Å². The molecule has 2 heterocycles. The molecule has 2 aliphatic carbocycles. The molecular formula is C46H72N4O7. The van der Waals surface area contributed by atoms with E-state index in [9.17, 15) is 14.4 Å². The molecule has 2 aromatic rings. The van der Waals surface area contributed by atoms with Crippen molar-refractivity contribution in [2.24, 2.45) is 5.73 Å². The monoisotopic (exact) mass is 793 g/mol. The largest absolute Gasteiger partial charge is 0.444 e. The number of hydrogen-bond donors (Lipinski definition) is 2. The molecule has 57 heavy (non-hydrogen) atoms. The minimum absolute atomic E-state index is 0.187. The van der Waals surface area contributed by atoms with Crippen LogP contribution in [0.15, 0.2) is 60.7 Å². The van der Waals surface area contributed by atoms with Crippen molar-refractivity contribution in [1.82, 2.24) is 15.1 Å². The third kappa shape index (κ3) is 17.9. The lowest BCUT2D eigenvalue weighted by atomic mass is 9.90. The highest BCUT2D eigenvalue weighted by molar-refractivity contribution is 5.81. The molecule has 0 bridgehead atoms. The van der Waals surface area contributed by atoms with Crippen LogP contribution in [0.2, 0.25) is 0 Å². The van der Waals surface area contributed by atoms with Gasteiger partial charge in [-0.25, -0.2) is 9.59 Å². The second-order valence-electron chi connectivity index (χ2n) is 17.9. The van der Waals surface area contributed by atoms with Crippen LogP contribution in [0.5, 0.6) is 0 Å². The summed E-state index contributed by atoms with van der Waals surface area (Å²) in [6.45, 7) is 15.1. The Morgan fingerprint density at radius 1 is 0.632 bits per heavy atom. The van der Waals surface area contributed by atoms with Gasteiger partial charge in [-0.1, -0.05) is 86.3 Å². The van der Waals surface area contributed by atoms with Crippen LogP contribution in [0.3, 0.4) is 0 Å². The average Bonchev–Trinajstić information content (AvgIpc) is 3.18. The first-order valence-electron chi connectivity index (χ1n) is 21.5. The maximum absolute atomic E-state index is 12.2. The molecule has 0 radical (unpaired) electrons. The van der Waals surface area contributed by atoms with Gasteiger partial charge < -0.3 is 39.8 Å². The van der Waals surface area contributed by atoms with E-state index in [0.29, 0.717) is 51.2 Å². The van der Waals surface area contributed by atoms with Gasteiger partial charge in [0.2, 0.25) is 0 Å². The highest BCUT2D eigenvalue weighted by Gasteiger charge is 2.32. The summed E-state index contributed by atoms with van der Waals surface area (Å²) in [5, 5.41) is 3.85. The third-order valence-electron chi connectivity index (χ3n) is 10.6. The lowest BCUT2D eigenvalue weighted by Crippen LogP contribution is -2.52. The maximum atomic E-state index is 12.2. The number of piperidine rings is 2. The van der Waals surface area contributed by atoms with Gasteiger partial charge in [-0.05, 0) is 91.2 Å². The summed E-state index contributed by atoms with van der Waals surface area (Å²) in [4.78, 5) is 38.1. The first kappa shape index (κ1) is 46.2. The number of ether oxygens (including phenoxy) is 4. The van der Waals surface area contributed by atoms with Crippen molar-refractivity contribution in [1.29, 1.82) is 0 Å². The van der Waals surface area contributed by atoms with E-state index in [1.807, 2.05) is 70.7 Å². The highest BCUT2D eigenvalue weighted by atomic mass is 16.6. The first-order valence-corrected chi connectivity index (χ1v) is 21.5. The van der Waals surface area contributed by atoms with Crippen molar-refractivity contribution < 1.29 is 33.3 Å². The molecule has 6 rings (SSSR count). The predicted molar refractivity (Wildman–Crippen MR) is 225 cm³/mol. The number of ketones is 1. The van der Waals surface area contributed by atoms with Crippen LogP contribution in [0.25, 0.3) is 0 Å². The molecule has 0 spiro atoms. The first-order chi connectivity index (χ1) is 27.1. The Morgan fingerprint density at radius 3 is 1.56 bits per heavy atom. The van der Waals surface area contributed by atoms with E-state index in [0.717, 1.165) is 45.2 Å². The van der Waals surface area contributed by atoms with Crippen LogP contribution in [-0.2, 0) is 37.0 Å². The minimum Gasteiger partial charge on any atom is -0.444 e. The van der Waals surface area contributed by atoms with Gasteiger partial charge in [-0.2, -0.15) is 0 Å². The number of carbonyl (C=O) groups excluding carboxylic acids is 3. The van der Waals surface area contributed by atoms with Crippen LogP contribution < -0.4 is 11.1 Å². The van der Waals surface area contributed by atoms with Crippen molar-refractivity contribution >= 4 is 18.0 Å². The number of rotatable bonds is 8. The fraction of sp³-hybridized carbons (Fsp3) is 0.674. The molecule has 4 fully saturated rings. The number of likely N-dealkylation sites (tertiary alicyclic amines) is 2. The van der Waals surface area contributed by atoms with Crippen molar-refractivity contribution in [2.45, 2.75) is 173 Å². The van der Waals surface area contributed by atoms with E-state index >= 15 is 0 Å². The van der Waals surface area contributed by atoms with Gasteiger partial charge >= 0.3 is 12.2 Å². The number of hydrogen-bond acceptors (Lipinski definition) is 9. The van der Waals surface area contributed by atoms with Gasteiger partial charge in [0.1, 0.15) is 17.0 Å². The molecule has 3 N–H and O–H groups in total. The van der Waals surface area contributed by atoms with Crippen LogP contribution in [0, 0.1) is 0 Å². The highest BCUT2D eigenvalue weighted by Crippen LogP contribution is 2.25. The van der Waals surface area contributed by atoms with E-state index in [-0.39, 0.29) is 36.2 Å². The Morgan fingerprint density at radius 2 is 1.07 bits per heavy atom. The SMILES string of the molecule is CC(C)(C)OC(=O)N1CCC(=O)CC1.CC(C)(C)OC(=O)N1CCC(N[C@H]2CCCC[C@@H]2OCc2ccccc2)CC1.N[C@H]1CCCC[C@@H]1OCc1ccccc1. The average molecular weight is 793 g/mol. The van der Waals surface area contributed by atoms with Crippen LogP contribution in [0.1, 0.15) is 130 Å². The molecular weight excluding hydrogens is 721 g/mol. The summed E-state index contributed by atoms with van der Waals surface area (Å²) in [6.07, 6.45) is 12.4. The summed E-state index contributed by atoms with van der Waals surface area (Å²) >= 11 is 0. The Hall–Kier alpha value is -3.51. The Balaban J connectivity index is 0.000000209. The topological polar surface area (TPSA) is 133 Å². The summed E-state index contributed by atoms with van der Waals surface area (Å²) < 4.78 is 22.8. The number of carbonyl (C=O) groups is 3. The molecule has 2 amide bonds. The van der Waals surface area contributed by atoms with Gasteiger partial charge in [0.15, 0.2) is 0 Å². The lowest BCUT2D eigenvalue weighted by Gasteiger charge is -2.38. The quantitative estimate of drug-likeness (QED) is 0.270. The van der Waals surface area contributed by atoms with Crippen LogP contribution in [-0.4, -0.2) is 95.5 Å². The van der Waals surface area contributed by atoms with Crippen molar-refractivity contribution in [3.05, 3.63) is 71.8 Å². The molecule has 11 heteroatoms. The van der Waals surface area contributed by atoms with Crippen molar-refractivity contribution in [3.8, 4) is 0 Å². The van der Waals surface area contributed by atoms with Gasteiger partial charge in [-0.15, -0.1) is 0 Å². The zero-order valence-corrected chi connectivity index (χ0v) is 35.7. The van der Waals surface area contributed by atoms with Gasteiger partial charge in [0, 0.05) is 57.1 Å². The summed E-state index contributed by atoms with van der Waals surface area (Å²) in [7, 11) is 0. The Labute approximate surface area is 342 Å². The summed E-state index contributed by atoms with van der Waals surface area (Å²) in [6, 6.07) is 21.8. The minimum atomic E-state index is -0.460. The standard InChI is InChI=1S/C23H36N2O3.C13H19NO.C10H17NO3/c1-23(2,3)28-22(26)25-15-13-19(14-16-25)24-20-11-7-8-12-21(20)27-17-18-9-5-4-6-10-18;14-12-8-4-5-9-13(12)15-10-11-6-2-1-3-7-11;1-10(2,3)14-9(13)11-6-4-8(12)5-7-11/h4-6,9-10,19-21,24H,7-8,11-17H2,1-3H3;1-3,6-7,12-13H,4-5,8-10,14H2;4-7H2,1-3H3/t20-,21-;12-,13-;/m00./s1. The molecule has 0 unspecified atom stereocenters. The van der Waals surface area contributed by atoms with E-state index in [1.165, 1.54) is 43.2 Å². The van der Waals surface area contributed by atoms with E-state index in [4.69, 9.17) is 24.7 Å². The Bertz CT molecular complexity index is 1460. The molecule has 4 aliphatic rings. The number of nitrogens with two attached hydrogens (primary N) is 1. The van der Waals surface area contributed by atoms with Crippen molar-refractivity contribution in [3.63, 3.8) is 0 Å². The van der Waals surface area contributed by atoms with Crippen molar-refractivity contribution in [2.75, 3.05) is 26.2 Å². The number of Topliss-reactive ketones (excluding diaryl/α,β-unsaturated/α-hetero) is 1. The van der Waals surface area contributed by atoms with Crippen LogP contribution >= 0.6 is 0 Å². The normalized spacial score (nSPS) is 23.3. The van der Waals surface area contributed by atoms with Crippen LogP contribution in [0.4, 0.5) is 9.59 Å². The second-order valence-corrected chi connectivity index (χ2v) is 17.9.